The van der Waals surface area contributed by atoms with Crippen LogP contribution in [0.1, 0.15) is 61.5 Å². The first-order valence-electron chi connectivity index (χ1n) is 11.1. The lowest BCUT2D eigenvalue weighted by Crippen LogP contribution is -2.17. The summed E-state index contributed by atoms with van der Waals surface area (Å²) in [7, 11) is 0. The van der Waals surface area contributed by atoms with Crippen LogP contribution in [0.15, 0.2) is 59.7 Å². The fraction of sp³-hybridized carbons (Fsp3) is 0.320. The van der Waals surface area contributed by atoms with Crippen molar-refractivity contribution in [1.29, 1.82) is 0 Å². The van der Waals surface area contributed by atoms with Gasteiger partial charge in [0.2, 0.25) is 0 Å². The van der Waals surface area contributed by atoms with Gasteiger partial charge >= 0.3 is 0 Å². The molecule has 3 aromatic rings. The average molecular weight is 435 g/mol. The number of carbonyl (C=O) groups is 1. The Hall–Kier alpha value is -3.61. The van der Waals surface area contributed by atoms with Crippen LogP contribution in [-0.4, -0.2) is 34.0 Å². The molecule has 0 spiro atoms. The number of phenolic OH excluding ortho intramolecular Hbond substituents is 1. The third kappa shape index (κ3) is 7.27. The zero-order valence-electron chi connectivity index (χ0n) is 18.4. The number of benzene rings is 2. The molecule has 3 rings (SSSR count). The quantitative estimate of drug-likeness (QED) is 0.205. The van der Waals surface area contributed by atoms with E-state index in [4.69, 9.17) is 4.74 Å². The molecule has 7 nitrogen and oxygen atoms in total. The number of ether oxygens (including phenoxy) is 1. The fourth-order valence-corrected chi connectivity index (χ4v) is 3.21. The number of hydrazone groups is 1. The Balaban J connectivity index is 1.46. The first-order chi connectivity index (χ1) is 15.7. The molecule has 0 saturated heterocycles. The SMILES string of the molecule is CCCCCCCCOc1ccc(-c2cc(C(=O)N/N=C\c3cccc(O)c3)[nH]n2)cc1. The second-order valence-corrected chi connectivity index (χ2v) is 7.60. The largest absolute Gasteiger partial charge is 0.508 e. The second-order valence-electron chi connectivity index (χ2n) is 7.60. The van der Waals surface area contributed by atoms with E-state index >= 15 is 0 Å². The van der Waals surface area contributed by atoms with Gasteiger partial charge in [0, 0.05) is 5.56 Å². The smallest absolute Gasteiger partial charge is 0.289 e. The van der Waals surface area contributed by atoms with Gasteiger partial charge in [-0.05, 0) is 54.4 Å². The molecule has 1 heterocycles. The van der Waals surface area contributed by atoms with Crippen LogP contribution in [0.2, 0.25) is 0 Å². The molecule has 3 N–H and O–H groups in total. The molecule has 32 heavy (non-hydrogen) atoms. The highest BCUT2D eigenvalue weighted by molar-refractivity contribution is 5.94. The molecule has 0 aliphatic rings. The lowest BCUT2D eigenvalue weighted by Gasteiger charge is -2.06. The van der Waals surface area contributed by atoms with Crippen molar-refractivity contribution in [3.8, 4) is 22.8 Å². The van der Waals surface area contributed by atoms with E-state index in [1.165, 1.54) is 38.3 Å². The Morgan fingerprint density at radius 1 is 1.09 bits per heavy atom. The van der Waals surface area contributed by atoms with Crippen LogP contribution in [0.3, 0.4) is 0 Å². The van der Waals surface area contributed by atoms with E-state index in [-0.39, 0.29) is 5.75 Å². The normalized spacial score (nSPS) is 11.0. The van der Waals surface area contributed by atoms with Crippen LogP contribution in [-0.2, 0) is 0 Å². The van der Waals surface area contributed by atoms with Crippen molar-refractivity contribution in [1.82, 2.24) is 15.6 Å². The van der Waals surface area contributed by atoms with Gasteiger partial charge in [0.15, 0.2) is 0 Å². The maximum atomic E-state index is 12.3. The molecule has 1 amide bonds. The number of aromatic nitrogens is 2. The Morgan fingerprint density at radius 2 is 1.88 bits per heavy atom. The van der Waals surface area contributed by atoms with E-state index in [9.17, 15) is 9.90 Å². The van der Waals surface area contributed by atoms with Gasteiger partial charge < -0.3 is 9.84 Å². The summed E-state index contributed by atoms with van der Waals surface area (Å²) >= 11 is 0. The summed E-state index contributed by atoms with van der Waals surface area (Å²) in [5.41, 5.74) is 4.97. The Bertz CT molecular complexity index is 1010. The van der Waals surface area contributed by atoms with Crippen molar-refractivity contribution >= 4 is 12.1 Å². The summed E-state index contributed by atoms with van der Waals surface area (Å²) in [5.74, 6) is 0.563. The van der Waals surface area contributed by atoms with Crippen molar-refractivity contribution < 1.29 is 14.6 Å². The maximum Gasteiger partial charge on any atom is 0.289 e. The van der Waals surface area contributed by atoms with E-state index in [0.29, 0.717) is 17.0 Å². The summed E-state index contributed by atoms with van der Waals surface area (Å²) in [6.45, 7) is 2.95. The second kappa shape index (κ2) is 12.3. The van der Waals surface area contributed by atoms with E-state index < -0.39 is 5.91 Å². The molecule has 0 atom stereocenters. The number of hydrogen-bond acceptors (Lipinski definition) is 5. The Morgan fingerprint density at radius 3 is 2.66 bits per heavy atom. The molecule has 2 aromatic carbocycles. The van der Waals surface area contributed by atoms with Gasteiger partial charge in [-0.1, -0.05) is 51.2 Å². The molecule has 7 heteroatoms. The zero-order chi connectivity index (χ0) is 22.6. The predicted molar refractivity (Wildman–Crippen MR) is 126 cm³/mol. The molecule has 0 saturated carbocycles. The Kier molecular flexibility index (Phi) is 8.86. The van der Waals surface area contributed by atoms with Crippen molar-refractivity contribution in [2.24, 2.45) is 5.10 Å². The molecular formula is C25H30N4O3. The summed E-state index contributed by atoms with van der Waals surface area (Å²) < 4.78 is 5.81. The van der Waals surface area contributed by atoms with E-state index in [2.05, 4.69) is 27.6 Å². The maximum absolute atomic E-state index is 12.3. The van der Waals surface area contributed by atoms with Gasteiger partial charge in [0.1, 0.15) is 17.2 Å². The summed E-state index contributed by atoms with van der Waals surface area (Å²) in [4.78, 5) is 12.3. The number of aromatic hydroxyl groups is 1. The number of nitrogens with zero attached hydrogens (tertiary/aromatic N) is 2. The number of carbonyl (C=O) groups excluding carboxylic acids is 1. The van der Waals surface area contributed by atoms with Crippen LogP contribution in [0.5, 0.6) is 11.5 Å². The molecule has 168 valence electrons. The van der Waals surface area contributed by atoms with Crippen molar-refractivity contribution in [3.63, 3.8) is 0 Å². The molecule has 1 aromatic heterocycles. The van der Waals surface area contributed by atoms with Crippen molar-refractivity contribution in [3.05, 3.63) is 65.9 Å². The van der Waals surface area contributed by atoms with Crippen LogP contribution < -0.4 is 10.2 Å². The van der Waals surface area contributed by atoms with Crippen LogP contribution in [0, 0.1) is 0 Å². The number of hydrogen-bond donors (Lipinski definition) is 3. The molecule has 0 unspecified atom stereocenters. The minimum Gasteiger partial charge on any atom is -0.508 e. The summed E-state index contributed by atoms with van der Waals surface area (Å²) in [6, 6.07) is 15.9. The highest BCUT2D eigenvalue weighted by Crippen LogP contribution is 2.21. The van der Waals surface area contributed by atoms with Gasteiger partial charge in [0.25, 0.3) is 5.91 Å². The first-order valence-corrected chi connectivity index (χ1v) is 11.1. The molecular weight excluding hydrogens is 404 g/mol. The monoisotopic (exact) mass is 434 g/mol. The van der Waals surface area contributed by atoms with Gasteiger partial charge in [0.05, 0.1) is 18.5 Å². The minimum atomic E-state index is -0.404. The van der Waals surface area contributed by atoms with Crippen molar-refractivity contribution in [2.45, 2.75) is 45.4 Å². The van der Waals surface area contributed by atoms with Crippen molar-refractivity contribution in [2.75, 3.05) is 6.61 Å². The topological polar surface area (TPSA) is 99.6 Å². The van der Waals surface area contributed by atoms with Crippen LogP contribution in [0.25, 0.3) is 11.3 Å². The molecule has 0 aliphatic carbocycles. The Labute approximate surface area is 188 Å². The third-order valence-electron chi connectivity index (χ3n) is 4.99. The van der Waals surface area contributed by atoms with Gasteiger partial charge in [-0.2, -0.15) is 10.2 Å². The molecule has 0 fully saturated rings. The summed E-state index contributed by atoms with van der Waals surface area (Å²) in [6.07, 6.45) is 8.87. The zero-order valence-corrected chi connectivity index (χ0v) is 18.4. The lowest BCUT2D eigenvalue weighted by atomic mass is 10.1. The number of H-pyrrole nitrogens is 1. The molecule has 0 aliphatic heterocycles. The van der Waals surface area contributed by atoms with Gasteiger partial charge in [-0.25, -0.2) is 5.43 Å². The van der Waals surface area contributed by atoms with Gasteiger partial charge in [-0.15, -0.1) is 0 Å². The fourth-order valence-electron chi connectivity index (χ4n) is 3.21. The molecule has 0 bridgehead atoms. The number of phenols is 1. The standard InChI is InChI=1S/C25H30N4O3/c1-2-3-4-5-6-7-15-32-22-13-11-20(12-14-22)23-17-24(28-27-23)25(31)29-26-18-19-9-8-10-21(30)16-19/h8-14,16-18,30H,2-7,15H2,1H3,(H,27,28)(H,29,31)/b26-18-. The van der Waals surface area contributed by atoms with Crippen LogP contribution >= 0.6 is 0 Å². The lowest BCUT2D eigenvalue weighted by molar-refractivity contribution is 0.0950. The highest BCUT2D eigenvalue weighted by atomic mass is 16.5. The number of amides is 1. The third-order valence-corrected chi connectivity index (χ3v) is 4.99. The predicted octanol–water partition coefficient (Wildman–Crippen LogP) is 5.29. The number of rotatable bonds is 12. The number of aromatic amines is 1. The van der Waals surface area contributed by atoms with Crippen LogP contribution in [0.4, 0.5) is 0 Å². The molecule has 0 radical (unpaired) electrons. The van der Waals surface area contributed by atoms with E-state index in [1.54, 1.807) is 30.3 Å². The first kappa shape index (κ1) is 23.1. The summed E-state index contributed by atoms with van der Waals surface area (Å²) in [5, 5.41) is 20.3. The van der Waals surface area contributed by atoms with E-state index in [1.807, 2.05) is 24.3 Å². The number of unbranched alkanes of at least 4 members (excludes halogenated alkanes) is 5. The van der Waals surface area contributed by atoms with Gasteiger partial charge in [-0.3, -0.25) is 9.89 Å². The minimum absolute atomic E-state index is 0.136. The average Bonchev–Trinajstić information content (AvgIpc) is 3.29. The highest BCUT2D eigenvalue weighted by Gasteiger charge is 2.10. The van der Waals surface area contributed by atoms with E-state index in [0.717, 1.165) is 24.3 Å². The number of nitrogens with one attached hydrogen (secondary N) is 2.